The summed E-state index contributed by atoms with van der Waals surface area (Å²) in [5.74, 6) is 0. The molecule has 0 saturated carbocycles. The Labute approximate surface area is 179 Å². The Balaban J connectivity index is 0.00000338. The van der Waals surface area contributed by atoms with E-state index in [1.165, 1.54) is 16.7 Å². The van der Waals surface area contributed by atoms with Crippen LogP contribution in [-0.2, 0) is 17.8 Å². The van der Waals surface area contributed by atoms with Crippen LogP contribution in [0.3, 0.4) is 0 Å². The monoisotopic (exact) mass is 431 g/mol. The zero-order chi connectivity index (χ0) is 18.4. The fourth-order valence-corrected chi connectivity index (χ4v) is 3.15. The van der Waals surface area contributed by atoms with Gasteiger partial charge < -0.3 is 9.64 Å². The third kappa shape index (κ3) is 8.18. The fraction of sp³-hybridized carbons (Fsp3) is 0.500. The number of benzene rings is 1. The highest BCUT2D eigenvalue weighted by Crippen LogP contribution is 2.26. The number of hydrogen-bond acceptors (Lipinski definition) is 4. The van der Waals surface area contributed by atoms with E-state index in [2.05, 4.69) is 48.2 Å². The molecule has 0 N–H and O–H groups in total. The molecule has 0 atom stereocenters. The molecule has 0 radical (unpaired) electrons. The molecule has 152 valence electrons. The van der Waals surface area contributed by atoms with Crippen molar-refractivity contribution in [3.8, 4) is 0 Å². The van der Waals surface area contributed by atoms with Crippen molar-refractivity contribution < 1.29 is 4.74 Å². The van der Waals surface area contributed by atoms with Crippen LogP contribution in [0.15, 0.2) is 22.5 Å². The maximum atomic E-state index is 5.63. The van der Waals surface area contributed by atoms with Crippen molar-refractivity contribution in [2.24, 2.45) is 4.99 Å². The summed E-state index contributed by atoms with van der Waals surface area (Å²) in [6, 6.07) is 4.40. The van der Waals surface area contributed by atoms with Crippen molar-refractivity contribution in [2.75, 3.05) is 13.6 Å². The normalized spacial score (nSPS) is 10.8. The van der Waals surface area contributed by atoms with Gasteiger partial charge in [0.05, 0.1) is 35.4 Å². The summed E-state index contributed by atoms with van der Waals surface area (Å²) in [6.45, 7) is 12.0. The first-order valence-electron chi connectivity index (χ1n) is 8.78. The summed E-state index contributed by atoms with van der Waals surface area (Å²) in [6.07, 6.45) is 2.98. The van der Waals surface area contributed by atoms with Crippen LogP contribution in [-0.4, -0.2) is 35.9 Å². The van der Waals surface area contributed by atoms with Gasteiger partial charge in [-0.3, -0.25) is 0 Å². The lowest BCUT2D eigenvalue weighted by atomic mass is 10.0. The van der Waals surface area contributed by atoms with E-state index in [9.17, 15) is 0 Å². The molecule has 4 nitrogen and oxygen atoms in total. The molecule has 1 aromatic carbocycles. The quantitative estimate of drug-likeness (QED) is 0.395. The second kappa shape index (κ2) is 12.3. The first-order valence-corrected chi connectivity index (χ1v) is 9.66. The molecule has 1 aromatic heterocycles. The maximum Gasteiger partial charge on any atom is 0.0973 e. The van der Waals surface area contributed by atoms with Gasteiger partial charge in [-0.2, -0.15) is 0 Å². The molecule has 0 bridgehead atoms. The van der Waals surface area contributed by atoms with Crippen molar-refractivity contribution in [3.63, 3.8) is 0 Å². The standard InChI is InChI=1S/C20H29N3OS.2ClH/c1-7-23(6)13-21-19-9-15(4)17(8-16(19)5)10-20-22-18(12-25-20)11-24-14(2)3;;/h8-9,12-14H,7,10-11H2,1-6H3;2*1H. The van der Waals surface area contributed by atoms with E-state index < -0.39 is 0 Å². The molecule has 1 heterocycles. The van der Waals surface area contributed by atoms with Gasteiger partial charge in [0.1, 0.15) is 0 Å². The number of aryl methyl sites for hydroxylation is 2. The van der Waals surface area contributed by atoms with E-state index >= 15 is 0 Å². The summed E-state index contributed by atoms with van der Waals surface area (Å²) in [5, 5.41) is 3.23. The van der Waals surface area contributed by atoms with Gasteiger partial charge >= 0.3 is 0 Å². The summed E-state index contributed by atoms with van der Waals surface area (Å²) < 4.78 is 5.63. The predicted molar refractivity (Wildman–Crippen MR) is 122 cm³/mol. The molecule has 7 heteroatoms. The first-order chi connectivity index (χ1) is 11.9. The summed E-state index contributed by atoms with van der Waals surface area (Å²) in [5.41, 5.74) is 5.82. The van der Waals surface area contributed by atoms with Gasteiger partial charge in [-0.15, -0.1) is 36.2 Å². The van der Waals surface area contributed by atoms with Gasteiger partial charge in [-0.05, 0) is 57.4 Å². The highest BCUT2D eigenvalue weighted by Gasteiger charge is 2.09. The van der Waals surface area contributed by atoms with Crippen LogP contribution >= 0.6 is 36.2 Å². The van der Waals surface area contributed by atoms with Gasteiger partial charge in [0.15, 0.2) is 0 Å². The van der Waals surface area contributed by atoms with Crippen molar-refractivity contribution in [2.45, 2.75) is 53.8 Å². The van der Waals surface area contributed by atoms with Crippen LogP contribution in [0.25, 0.3) is 0 Å². The number of nitrogens with zero attached hydrogens (tertiary/aromatic N) is 3. The second-order valence-electron chi connectivity index (χ2n) is 6.65. The van der Waals surface area contributed by atoms with Gasteiger partial charge in [0.2, 0.25) is 0 Å². The Morgan fingerprint density at radius 2 is 1.93 bits per heavy atom. The third-order valence-corrected chi connectivity index (χ3v) is 4.95. The Kier molecular flexibility index (Phi) is 11.8. The van der Waals surface area contributed by atoms with Gasteiger partial charge in [0.25, 0.3) is 0 Å². The van der Waals surface area contributed by atoms with E-state index in [1.54, 1.807) is 11.3 Å². The summed E-state index contributed by atoms with van der Waals surface area (Å²) >= 11 is 1.70. The van der Waals surface area contributed by atoms with Gasteiger partial charge in [0, 0.05) is 25.4 Å². The van der Waals surface area contributed by atoms with E-state index in [0.29, 0.717) is 6.61 Å². The molecule has 0 saturated heterocycles. The van der Waals surface area contributed by atoms with Crippen molar-refractivity contribution in [1.29, 1.82) is 0 Å². The Bertz CT molecular complexity index is 732. The lowest BCUT2D eigenvalue weighted by Crippen LogP contribution is -2.14. The minimum atomic E-state index is 0. The van der Waals surface area contributed by atoms with Gasteiger partial charge in [-0.1, -0.05) is 6.07 Å². The maximum absolute atomic E-state index is 5.63. The molecule has 0 aliphatic carbocycles. The van der Waals surface area contributed by atoms with Crippen LogP contribution in [0, 0.1) is 13.8 Å². The lowest BCUT2D eigenvalue weighted by molar-refractivity contribution is 0.0638. The van der Waals surface area contributed by atoms with Crippen LogP contribution in [0.5, 0.6) is 0 Å². The molecule has 0 aliphatic heterocycles. The minimum Gasteiger partial charge on any atom is -0.372 e. The smallest absolute Gasteiger partial charge is 0.0973 e. The molecular formula is C20H31Cl2N3OS. The van der Waals surface area contributed by atoms with E-state index in [1.807, 2.05) is 27.2 Å². The molecule has 0 aliphatic rings. The lowest BCUT2D eigenvalue weighted by Gasteiger charge is -2.11. The number of thiazole rings is 1. The topological polar surface area (TPSA) is 37.7 Å². The molecule has 2 aromatic rings. The van der Waals surface area contributed by atoms with Gasteiger partial charge in [-0.25, -0.2) is 9.98 Å². The number of halogens is 2. The van der Waals surface area contributed by atoms with E-state index in [0.717, 1.165) is 29.4 Å². The zero-order valence-electron chi connectivity index (χ0n) is 17.0. The third-order valence-electron chi connectivity index (χ3n) is 4.05. The molecule has 0 fully saturated rings. The first kappa shape index (κ1) is 25.9. The zero-order valence-corrected chi connectivity index (χ0v) is 19.4. The average Bonchev–Trinajstić information content (AvgIpc) is 3.02. The summed E-state index contributed by atoms with van der Waals surface area (Å²) in [4.78, 5) is 11.4. The Morgan fingerprint density at radius 3 is 2.56 bits per heavy atom. The van der Waals surface area contributed by atoms with Crippen LogP contribution in [0.4, 0.5) is 5.69 Å². The number of aromatic nitrogens is 1. The number of rotatable bonds is 8. The van der Waals surface area contributed by atoms with Crippen molar-refractivity contribution in [1.82, 2.24) is 9.88 Å². The van der Waals surface area contributed by atoms with Crippen molar-refractivity contribution >= 4 is 48.2 Å². The van der Waals surface area contributed by atoms with Crippen LogP contribution in [0.2, 0.25) is 0 Å². The SMILES string of the molecule is CCN(C)C=Nc1cc(C)c(Cc2nc(COC(C)C)cs2)cc1C.Cl.Cl. The largest absolute Gasteiger partial charge is 0.372 e. The fourth-order valence-electron chi connectivity index (χ4n) is 2.34. The second-order valence-corrected chi connectivity index (χ2v) is 7.59. The number of aliphatic imine (C=N–C) groups is 1. The van der Waals surface area contributed by atoms with E-state index in [-0.39, 0.29) is 30.9 Å². The highest BCUT2D eigenvalue weighted by molar-refractivity contribution is 7.09. The molecular weight excluding hydrogens is 401 g/mol. The molecule has 0 amide bonds. The van der Waals surface area contributed by atoms with Crippen molar-refractivity contribution in [3.05, 3.63) is 44.9 Å². The Morgan fingerprint density at radius 1 is 1.22 bits per heavy atom. The predicted octanol–water partition coefficient (Wildman–Crippen LogP) is 5.73. The highest BCUT2D eigenvalue weighted by atomic mass is 35.5. The molecule has 0 unspecified atom stereocenters. The van der Waals surface area contributed by atoms with Crippen LogP contribution in [0.1, 0.15) is 48.2 Å². The molecule has 2 rings (SSSR count). The average molecular weight is 432 g/mol. The summed E-state index contributed by atoms with van der Waals surface area (Å²) in [7, 11) is 2.03. The minimum absolute atomic E-state index is 0. The molecule has 27 heavy (non-hydrogen) atoms. The Hall–Kier alpha value is -1.14. The molecule has 0 spiro atoms. The van der Waals surface area contributed by atoms with E-state index in [4.69, 9.17) is 9.72 Å². The number of ether oxygens (including phenoxy) is 1. The van der Waals surface area contributed by atoms with Crippen LogP contribution < -0.4 is 0 Å². The number of hydrogen-bond donors (Lipinski definition) is 0.